The number of carbonyl (C=O) groups is 1. The van der Waals surface area contributed by atoms with E-state index in [2.05, 4.69) is 48.5 Å². The first-order valence-corrected chi connectivity index (χ1v) is 11.1. The van der Waals surface area contributed by atoms with E-state index in [4.69, 9.17) is 24.4 Å². The lowest BCUT2D eigenvalue weighted by atomic mass is 9.99. The zero-order valence-electron chi connectivity index (χ0n) is 17.5. The second-order valence-electron chi connectivity index (χ2n) is 7.04. The predicted octanol–water partition coefficient (Wildman–Crippen LogP) is -0.296. The number of pyridine rings is 1. The highest BCUT2D eigenvalue weighted by Crippen LogP contribution is 2.29. The fourth-order valence-corrected chi connectivity index (χ4v) is 3.44. The number of rotatable bonds is 5. The number of nitrogens with two attached hydrogens (primary N) is 1. The SMILES string of the molecule is NC(=O)C[n+]1c(-c2ccccc2)cc(-c2ccccc2)cc1-c1ccccc1.[O-][Cl+3]([O-])([O-])[O-]. The molecule has 7 nitrogen and oxygen atoms in total. The second kappa shape index (κ2) is 10.8. The highest BCUT2D eigenvalue weighted by Gasteiger charge is 2.24. The largest absolute Gasteiger partial charge is 0.364 e. The number of primary amides is 1. The molecular formula is C25H21ClN2O5. The quantitative estimate of drug-likeness (QED) is 0.404. The van der Waals surface area contributed by atoms with Crippen LogP contribution in [0.15, 0.2) is 103 Å². The minimum absolute atomic E-state index is 0.115. The van der Waals surface area contributed by atoms with Crippen molar-refractivity contribution in [1.82, 2.24) is 0 Å². The number of hydrogen-bond acceptors (Lipinski definition) is 5. The smallest absolute Gasteiger partial charge is 0.283 e. The van der Waals surface area contributed by atoms with Gasteiger partial charge in [-0.05, 0) is 35.4 Å². The predicted molar refractivity (Wildman–Crippen MR) is 112 cm³/mol. The lowest BCUT2D eigenvalue weighted by Crippen LogP contribution is -2.68. The standard InChI is InChI=1S/C25H20N2O.ClHO4/c26-25(28)18-27-23(20-12-6-2-7-13-20)16-22(19-10-4-1-5-11-19)17-24(27)21-14-8-3-9-15-21;2-1(3,4)5/h1-17H,18H2,(H-,26,28);(H,2,3,4,5). The molecule has 0 aliphatic heterocycles. The Kier molecular flexibility index (Phi) is 7.89. The molecule has 0 saturated carbocycles. The van der Waals surface area contributed by atoms with Crippen molar-refractivity contribution in [2.45, 2.75) is 6.54 Å². The Balaban J connectivity index is 0.000000555. The third-order valence-corrected chi connectivity index (χ3v) is 4.73. The first-order chi connectivity index (χ1) is 15.7. The molecule has 0 aliphatic carbocycles. The maximum Gasteiger partial charge on any atom is 0.283 e. The Labute approximate surface area is 193 Å². The van der Waals surface area contributed by atoms with Crippen molar-refractivity contribution >= 4 is 5.91 Å². The van der Waals surface area contributed by atoms with Gasteiger partial charge in [0.2, 0.25) is 17.9 Å². The molecule has 33 heavy (non-hydrogen) atoms. The molecule has 4 aromatic rings. The van der Waals surface area contributed by atoms with Crippen molar-refractivity contribution in [3.63, 3.8) is 0 Å². The van der Waals surface area contributed by atoms with E-state index >= 15 is 0 Å². The van der Waals surface area contributed by atoms with Crippen molar-refractivity contribution in [1.29, 1.82) is 0 Å². The zero-order valence-corrected chi connectivity index (χ0v) is 18.2. The molecule has 3 aromatic carbocycles. The van der Waals surface area contributed by atoms with Crippen LogP contribution in [0.4, 0.5) is 0 Å². The summed E-state index contributed by atoms with van der Waals surface area (Å²) in [6.07, 6.45) is 0. The van der Waals surface area contributed by atoms with Crippen LogP contribution < -0.4 is 28.9 Å². The van der Waals surface area contributed by atoms with Gasteiger partial charge in [-0.1, -0.05) is 66.7 Å². The van der Waals surface area contributed by atoms with Crippen LogP contribution in [0.1, 0.15) is 0 Å². The van der Waals surface area contributed by atoms with Gasteiger partial charge in [0.15, 0.2) is 0 Å². The van der Waals surface area contributed by atoms with E-state index in [0.717, 1.165) is 33.6 Å². The summed E-state index contributed by atoms with van der Waals surface area (Å²) in [7, 11) is -4.94. The number of halogens is 1. The Hall–Kier alpha value is -3.59. The summed E-state index contributed by atoms with van der Waals surface area (Å²) in [6, 6.07) is 34.7. The van der Waals surface area contributed by atoms with Gasteiger partial charge in [0.1, 0.15) is 0 Å². The number of amides is 1. The fraction of sp³-hybridized carbons (Fsp3) is 0.0400. The van der Waals surface area contributed by atoms with E-state index in [1.807, 2.05) is 59.2 Å². The zero-order chi connectivity index (χ0) is 23.8. The Bertz CT molecular complexity index is 1130. The molecular weight excluding hydrogens is 444 g/mol. The lowest BCUT2D eigenvalue weighted by molar-refractivity contribution is -2.00. The van der Waals surface area contributed by atoms with E-state index in [-0.39, 0.29) is 12.5 Å². The second-order valence-corrected chi connectivity index (χ2v) is 7.80. The maximum atomic E-state index is 11.9. The molecule has 1 aromatic heterocycles. The summed E-state index contributed by atoms with van der Waals surface area (Å²) in [5, 5.41) is 0. The number of hydrogen-bond donors (Lipinski definition) is 1. The molecule has 0 aliphatic rings. The van der Waals surface area contributed by atoms with Gasteiger partial charge in [0, 0.05) is 23.3 Å². The molecule has 0 spiro atoms. The maximum absolute atomic E-state index is 11.9. The molecule has 0 saturated heterocycles. The van der Waals surface area contributed by atoms with Gasteiger partial charge < -0.3 is 5.73 Å². The number of nitrogens with zero attached hydrogens (tertiary/aromatic N) is 1. The van der Waals surface area contributed by atoms with Crippen molar-refractivity contribution in [3.8, 4) is 33.6 Å². The third kappa shape index (κ3) is 7.21. The number of aromatic nitrogens is 1. The minimum Gasteiger partial charge on any atom is -0.364 e. The molecule has 0 bridgehead atoms. The molecule has 168 valence electrons. The van der Waals surface area contributed by atoms with Crippen LogP contribution in [-0.4, -0.2) is 5.91 Å². The van der Waals surface area contributed by atoms with Gasteiger partial charge in [-0.2, -0.15) is 4.57 Å². The van der Waals surface area contributed by atoms with Crippen LogP contribution in [0.3, 0.4) is 0 Å². The fourth-order valence-electron chi connectivity index (χ4n) is 3.44. The van der Waals surface area contributed by atoms with Gasteiger partial charge in [-0.15, -0.1) is 10.2 Å². The summed E-state index contributed by atoms with van der Waals surface area (Å²) in [4.78, 5) is 11.9. The van der Waals surface area contributed by atoms with Crippen LogP contribution in [0.5, 0.6) is 0 Å². The normalized spacial score (nSPS) is 10.8. The highest BCUT2D eigenvalue weighted by atomic mass is 35.7. The Morgan fingerprint density at radius 2 is 0.970 bits per heavy atom. The lowest BCUT2D eigenvalue weighted by Gasteiger charge is -2.17. The van der Waals surface area contributed by atoms with Gasteiger partial charge in [0.05, 0.1) is 0 Å². The van der Waals surface area contributed by atoms with Gasteiger partial charge >= 0.3 is 0 Å². The topological polar surface area (TPSA) is 139 Å². The highest BCUT2D eigenvalue weighted by molar-refractivity contribution is 5.76. The van der Waals surface area contributed by atoms with Gasteiger partial charge in [-0.25, -0.2) is 18.6 Å². The summed E-state index contributed by atoms with van der Waals surface area (Å²) >= 11 is 0. The minimum atomic E-state index is -4.94. The molecule has 1 amide bonds. The summed E-state index contributed by atoms with van der Waals surface area (Å²) in [5.74, 6) is -0.369. The summed E-state index contributed by atoms with van der Waals surface area (Å²) in [5.41, 5.74) is 11.8. The first kappa shape index (κ1) is 24.1. The van der Waals surface area contributed by atoms with Crippen molar-refractivity contribution in [3.05, 3.63) is 103 Å². The van der Waals surface area contributed by atoms with Crippen LogP contribution >= 0.6 is 0 Å². The van der Waals surface area contributed by atoms with E-state index in [0.29, 0.717) is 0 Å². The van der Waals surface area contributed by atoms with Crippen molar-refractivity contribution in [2.75, 3.05) is 0 Å². The van der Waals surface area contributed by atoms with E-state index < -0.39 is 10.2 Å². The number of benzene rings is 3. The molecule has 4 rings (SSSR count). The van der Waals surface area contributed by atoms with Crippen LogP contribution in [0.25, 0.3) is 33.6 Å². The molecule has 0 fully saturated rings. The van der Waals surface area contributed by atoms with Crippen molar-refractivity contribution in [2.24, 2.45) is 5.73 Å². The van der Waals surface area contributed by atoms with E-state index in [1.165, 1.54) is 0 Å². The molecule has 0 unspecified atom stereocenters. The van der Waals surface area contributed by atoms with Gasteiger partial charge in [-0.3, -0.25) is 4.79 Å². The average molecular weight is 465 g/mol. The molecule has 0 atom stereocenters. The van der Waals surface area contributed by atoms with Crippen molar-refractivity contribution < 1.29 is 38.2 Å². The van der Waals surface area contributed by atoms with Crippen LogP contribution in [0, 0.1) is 10.2 Å². The first-order valence-electron chi connectivity index (χ1n) is 9.86. The Morgan fingerprint density at radius 1 is 0.636 bits per heavy atom. The third-order valence-electron chi connectivity index (χ3n) is 4.73. The summed E-state index contributed by atoms with van der Waals surface area (Å²) < 4.78 is 36.0. The van der Waals surface area contributed by atoms with Crippen LogP contribution in [-0.2, 0) is 11.3 Å². The average Bonchev–Trinajstić information content (AvgIpc) is 2.79. The van der Waals surface area contributed by atoms with E-state index in [9.17, 15) is 4.79 Å². The van der Waals surface area contributed by atoms with Crippen LogP contribution in [0.2, 0.25) is 0 Å². The number of carbonyl (C=O) groups excluding carboxylic acids is 1. The molecule has 8 heteroatoms. The molecule has 1 heterocycles. The monoisotopic (exact) mass is 464 g/mol. The van der Waals surface area contributed by atoms with E-state index in [1.54, 1.807) is 0 Å². The molecule has 2 N–H and O–H groups in total. The Morgan fingerprint density at radius 3 is 1.30 bits per heavy atom. The molecule has 0 radical (unpaired) electrons. The van der Waals surface area contributed by atoms with Gasteiger partial charge in [0.25, 0.3) is 5.91 Å². The summed E-state index contributed by atoms with van der Waals surface area (Å²) in [6.45, 7) is 0.115.